The number of likely N-dealkylation sites (tertiary alicyclic amines) is 1. The van der Waals surface area contributed by atoms with Crippen molar-refractivity contribution in [1.82, 2.24) is 4.90 Å². The van der Waals surface area contributed by atoms with Gasteiger partial charge >= 0.3 is 0 Å². The number of hydrogen-bond acceptors (Lipinski definition) is 2. The summed E-state index contributed by atoms with van der Waals surface area (Å²) in [4.78, 5) is 2.74. The van der Waals surface area contributed by atoms with Crippen molar-refractivity contribution < 1.29 is 0 Å². The summed E-state index contributed by atoms with van der Waals surface area (Å²) in [6, 6.07) is 2.01. The molecule has 0 radical (unpaired) electrons. The Balaban J connectivity index is 1.96. The molecule has 0 amide bonds. The molecular formula is C13H26N2. The Morgan fingerprint density at radius 1 is 1.07 bits per heavy atom. The smallest absolute Gasteiger partial charge is 0.0124 e. The van der Waals surface area contributed by atoms with Crippen LogP contribution in [0.25, 0.3) is 0 Å². The lowest BCUT2D eigenvalue weighted by Gasteiger charge is -2.45. The normalized spacial score (nSPS) is 44.2. The largest absolute Gasteiger partial charge is 0.328 e. The van der Waals surface area contributed by atoms with Gasteiger partial charge in [-0.25, -0.2) is 0 Å². The van der Waals surface area contributed by atoms with Gasteiger partial charge in [-0.05, 0) is 38.5 Å². The summed E-state index contributed by atoms with van der Waals surface area (Å²) in [6.07, 6.45) is 8.13. The number of nitrogens with zero attached hydrogens (tertiary/aromatic N) is 1. The molecule has 0 aromatic heterocycles. The Bertz CT molecular complexity index is 205. The molecule has 0 aromatic rings. The van der Waals surface area contributed by atoms with Crippen molar-refractivity contribution in [2.45, 2.75) is 70.5 Å². The molecule has 1 heterocycles. The molecule has 1 saturated heterocycles. The van der Waals surface area contributed by atoms with Crippen molar-refractivity contribution in [1.29, 1.82) is 0 Å². The van der Waals surface area contributed by atoms with Crippen LogP contribution in [-0.2, 0) is 0 Å². The summed E-state index contributed by atoms with van der Waals surface area (Å²) < 4.78 is 0. The summed E-state index contributed by atoms with van der Waals surface area (Å²) in [5.74, 6) is 0.899. The Morgan fingerprint density at radius 3 is 2.47 bits per heavy atom. The minimum Gasteiger partial charge on any atom is -0.328 e. The number of nitrogens with two attached hydrogens (primary N) is 1. The lowest BCUT2D eigenvalue weighted by Crippen LogP contribution is -2.52. The van der Waals surface area contributed by atoms with Gasteiger partial charge in [-0.1, -0.05) is 19.8 Å². The standard InChI is InChI=1S/C13H26N2/c1-10-5-3-4-6-13(10)15-8-7-12(14)9-11(15)2/h10-13H,3-9,14H2,1-2H3. The van der Waals surface area contributed by atoms with E-state index in [0.717, 1.165) is 12.0 Å². The predicted octanol–water partition coefficient (Wildman–Crippen LogP) is 2.38. The van der Waals surface area contributed by atoms with Crippen LogP contribution in [0.1, 0.15) is 52.4 Å². The molecule has 0 bridgehead atoms. The first-order chi connectivity index (χ1) is 7.18. The average molecular weight is 210 g/mol. The van der Waals surface area contributed by atoms with Crippen molar-refractivity contribution in [3.8, 4) is 0 Å². The topological polar surface area (TPSA) is 29.3 Å². The monoisotopic (exact) mass is 210 g/mol. The van der Waals surface area contributed by atoms with E-state index in [4.69, 9.17) is 5.73 Å². The molecule has 2 fully saturated rings. The summed E-state index contributed by atoms with van der Waals surface area (Å²) in [6.45, 7) is 6.03. The van der Waals surface area contributed by atoms with E-state index in [-0.39, 0.29) is 0 Å². The van der Waals surface area contributed by atoms with Crippen molar-refractivity contribution in [3.05, 3.63) is 0 Å². The van der Waals surface area contributed by atoms with E-state index in [2.05, 4.69) is 18.7 Å². The van der Waals surface area contributed by atoms with E-state index in [9.17, 15) is 0 Å². The first kappa shape index (κ1) is 11.4. The first-order valence-electron chi connectivity index (χ1n) is 6.70. The molecule has 4 atom stereocenters. The summed E-state index contributed by atoms with van der Waals surface area (Å²) in [5, 5.41) is 0. The van der Waals surface area contributed by atoms with E-state index in [0.29, 0.717) is 12.1 Å². The van der Waals surface area contributed by atoms with E-state index in [1.165, 1.54) is 45.1 Å². The highest BCUT2D eigenvalue weighted by atomic mass is 15.2. The Labute approximate surface area is 94.2 Å². The molecule has 2 N–H and O–H groups in total. The number of hydrogen-bond donors (Lipinski definition) is 1. The minimum absolute atomic E-state index is 0.454. The molecule has 2 aliphatic rings. The van der Waals surface area contributed by atoms with Gasteiger partial charge in [0.15, 0.2) is 0 Å². The number of rotatable bonds is 1. The van der Waals surface area contributed by atoms with Gasteiger partial charge in [0.1, 0.15) is 0 Å². The second kappa shape index (κ2) is 4.84. The summed E-state index contributed by atoms with van der Waals surface area (Å²) in [5.41, 5.74) is 6.02. The quantitative estimate of drug-likeness (QED) is 0.720. The molecule has 0 aromatic carbocycles. The van der Waals surface area contributed by atoms with Crippen molar-refractivity contribution >= 4 is 0 Å². The highest BCUT2D eigenvalue weighted by Crippen LogP contribution is 2.31. The fourth-order valence-corrected chi connectivity index (χ4v) is 3.51. The molecular weight excluding hydrogens is 184 g/mol. The first-order valence-corrected chi connectivity index (χ1v) is 6.70. The second-order valence-corrected chi connectivity index (χ2v) is 5.70. The third kappa shape index (κ3) is 2.54. The van der Waals surface area contributed by atoms with Crippen LogP contribution in [0, 0.1) is 5.92 Å². The molecule has 1 aliphatic carbocycles. The molecule has 2 rings (SSSR count). The van der Waals surface area contributed by atoms with Crippen LogP contribution >= 0.6 is 0 Å². The van der Waals surface area contributed by atoms with Crippen molar-refractivity contribution in [2.24, 2.45) is 11.7 Å². The zero-order valence-electron chi connectivity index (χ0n) is 10.3. The maximum atomic E-state index is 6.02. The zero-order valence-corrected chi connectivity index (χ0v) is 10.3. The van der Waals surface area contributed by atoms with Crippen molar-refractivity contribution in [2.75, 3.05) is 6.54 Å². The highest BCUT2D eigenvalue weighted by molar-refractivity contribution is 4.89. The average Bonchev–Trinajstić information content (AvgIpc) is 2.20. The van der Waals surface area contributed by atoms with Gasteiger partial charge in [0.2, 0.25) is 0 Å². The van der Waals surface area contributed by atoms with Gasteiger partial charge in [-0.3, -0.25) is 4.90 Å². The van der Waals surface area contributed by atoms with Gasteiger partial charge in [0.25, 0.3) is 0 Å². The summed E-state index contributed by atoms with van der Waals surface area (Å²) >= 11 is 0. The molecule has 2 nitrogen and oxygen atoms in total. The maximum Gasteiger partial charge on any atom is 0.0124 e. The lowest BCUT2D eigenvalue weighted by atomic mass is 9.82. The van der Waals surface area contributed by atoms with Crippen LogP contribution in [0.4, 0.5) is 0 Å². The van der Waals surface area contributed by atoms with Crippen LogP contribution in [0.5, 0.6) is 0 Å². The Hall–Kier alpha value is -0.0800. The Morgan fingerprint density at radius 2 is 1.80 bits per heavy atom. The van der Waals surface area contributed by atoms with Crippen LogP contribution in [0.15, 0.2) is 0 Å². The minimum atomic E-state index is 0.454. The lowest BCUT2D eigenvalue weighted by molar-refractivity contribution is 0.0458. The van der Waals surface area contributed by atoms with Crippen LogP contribution in [0.3, 0.4) is 0 Å². The fourth-order valence-electron chi connectivity index (χ4n) is 3.51. The third-order valence-corrected chi connectivity index (χ3v) is 4.46. The van der Waals surface area contributed by atoms with E-state index in [1.54, 1.807) is 0 Å². The predicted molar refractivity (Wildman–Crippen MR) is 64.8 cm³/mol. The van der Waals surface area contributed by atoms with E-state index < -0.39 is 0 Å². The van der Waals surface area contributed by atoms with Gasteiger partial charge in [-0.15, -0.1) is 0 Å². The number of piperidine rings is 1. The third-order valence-electron chi connectivity index (χ3n) is 4.46. The van der Waals surface area contributed by atoms with Gasteiger partial charge in [-0.2, -0.15) is 0 Å². The molecule has 2 heteroatoms. The van der Waals surface area contributed by atoms with Gasteiger partial charge in [0.05, 0.1) is 0 Å². The Kier molecular flexibility index (Phi) is 3.68. The van der Waals surface area contributed by atoms with Crippen LogP contribution < -0.4 is 5.73 Å². The molecule has 4 unspecified atom stereocenters. The fraction of sp³-hybridized carbons (Fsp3) is 1.00. The molecule has 1 saturated carbocycles. The SMILES string of the molecule is CC1CCCCC1N1CCC(N)CC1C. The van der Waals surface area contributed by atoms with E-state index in [1.807, 2.05) is 0 Å². The zero-order chi connectivity index (χ0) is 10.8. The summed E-state index contributed by atoms with van der Waals surface area (Å²) in [7, 11) is 0. The maximum absolute atomic E-state index is 6.02. The van der Waals surface area contributed by atoms with Crippen molar-refractivity contribution in [3.63, 3.8) is 0 Å². The van der Waals surface area contributed by atoms with E-state index >= 15 is 0 Å². The van der Waals surface area contributed by atoms with Gasteiger partial charge in [0, 0.05) is 24.7 Å². The van der Waals surface area contributed by atoms with Crippen LogP contribution in [0.2, 0.25) is 0 Å². The molecule has 15 heavy (non-hydrogen) atoms. The molecule has 1 aliphatic heterocycles. The van der Waals surface area contributed by atoms with Gasteiger partial charge < -0.3 is 5.73 Å². The molecule has 88 valence electrons. The van der Waals surface area contributed by atoms with Crippen LogP contribution in [-0.4, -0.2) is 29.6 Å². The highest BCUT2D eigenvalue weighted by Gasteiger charge is 2.32. The second-order valence-electron chi connectivity index (χ2n) is 5.70. The molecule has 0 spiro atoms.